The minimum absolute atomic E-state index is 0.0672. The van der Waals surface area contributed by atoms with Crippen LogP contribution in [0, 0.1) is 18.8 Å². The number of hydrogen-bond acceptors (Lipinski definition) is 4. The number of ether oxygens (including phenoxy) is 1. The van der Waals surface area contributed by atoms with Gasteiger partial charge < -0.3 is 19.6 Å². The van der Waals surface area contributed by atoms with Gasteiger partial charge in [-0.15, -0.1) is 0 Å². The molecule has 5 nitrogen and oxygen atoms in total. The van der Waals surface area contributed by atoms with Gasteiger partial charge in [-0.2, -0.15) is 0 Å². The number of likely N-dealkylation sites (tertiary alicyclic amines) is 2. The summed E-state index contributed by atoms with van der Waals surface area (Å²) in [5, 5.41) is 9.73. The van der Waals surface area contributed by atoms with Crippen LogP contribution in [0.2, 0.25) is 0 Å². The third-order valence-corrected chi connectivity index (χ3v) is 5.45. The lowest BCUT2D eigenvalue weighted by Gasteiger charge is -2.23. The van der Waals surface area contributed by atoms with Crippen molar-refractivity contribution in [3.05, 3.63) is 29.3 Å². The number of amides is 1. The average molecular weight is 332 g/mol. The molecular formula is C19H28N2O3. The molecular weight excluding hydrogens is 304 g/mol. The molecule has 0 aliphatic carbocycles. The van der Waals surface area contributed by atoms with Crippen molar-refractivity contribution in [2.75, 3.05) is 46.4 Å². The third-order valence-electron chi connectivity index (χ3n) is 5.45. The number of hydrogen-bond donors (Lipinski definition) is 1. The van der Waals surface area contributed by atoms with E-state index in [1.807, 2.05) is 30.0 Å². The molecule has 2 atom stereocenters. The SMILES string of the molecule is COc1ccc(C(=O)N2C[C@@H](CN3CCCC3)[C@@H](CO)C2)c(C)c1. The van der Waals surface area contributed by atoms with Crippen molar-refractivity contribution in [2.24, 2.45) is 11.8 Å². The van der Waals surface area contributed by atoms with Gasteiger partial charge in [0.2, 0.25) is 0 Å². The lowest BCUT2D eigenvalue weighted by molar-refractivity contribution is 0.0778. The fourth-order valence-corrected chi connectivity index (χ4v) is 3.99. The third kappa shape index (κ3) is 3.57. The fraction of sp³-hybridized carbons (Fsp3) is 0.632. The van der Waals surface area contributed by atoms with E-state index in [4.69, 9.17) is 4.74 Å². The van der Waals surface area contributed by atoms with Crippen LogP contribution >= 0.6 is 0 Å². The van der Waals surface area contributed by atoms with E-state index in [1.165, 1.54) is 12.8 Å². The number of methoxy groups -OCH3 is 1. The molecule has 0 bridgehead atoms. The maximum Gasteiger partial charge on any atom is 0.254 e. The van der Waals surface area contributed by atoms with Crippen molar-refractivity contribution >= 4 is 5.91 Å². The van der Waals surface area contributed by atoms with E-state index in [1.54, 1.807) is 7.11 Å². The standard InChI is InChI=1S/C19H28N2O3/c1-14-9-17(24-2)5-6-18(14)19(23)21-11-15(16(12-21)13-22)10-20-7-3-4-8-20/h5-6,9,15-16,22H,3-4,7-8,10-13H2,1-2H3/t15-,16-/m1/s1. The van der Waals surface area contributed by atoms with Crippen molar-refractivity contribution in [1.82, 2.24) is 9.80 Å². The Morgan fingerprint density at radius 1 is 1.25 bits per heavy atom. The molecule has 0 aromatic heterocycles. The molecule has 2 aliphatic rings. The Bertz CT molecular complexity index is 584. The number of aliphatic hydroxyl groups is 1. The van der Waals surface area contributed by atoms with E-state index in [9.17, 15) is 9.90 Å². The van der Waals surface area contributed by atoms with Gasteiger partial charge in [0.15, 0.2) is 0 Å². The molecule has 2 saturated heterocycles. The molecule has 1 N–H and O–H groups in total. The lowest BCUT2D eigenvalue weighted by atomic mass is 9.96. The van der Waals surface area contributed by atoms with Crippen LogP contribution in [0.25, 0.3) is 0 Å². The molecule has 0 spiro atoms. The zero-order chi connectivity index (χ0) is 17.1. The van der Waals surface area contributed by atoms with E-state index >= 15 is 0 Å². The molecule has 1 amide bonds. The largest absolute Gasteiger partial charge is 0.497 e. The summed E-state index contributed by atoms with van der Waals surface area (Å²) < 4.78 is 5.22. The van der Waals surface area contributed by atoms with Gasteiger partial charge in [-0.3, -0.25) is 4.79 Å². The second-order valence-corrected chi connectivity index (χ2v) is 7.10. The van der Waals surface area contributed by atoms with Gasteiger partial charge in [0.05, 0.1) is 7.11 Å². The van der Waals surface area contributed by atoms with Crippen LogP contribution in [0.5, 0.6) is 5.75 Å². The van der Waals surface area contributed by atoms with Crippen LogP contribution in [0.3, 0.4) is 0 Å². The number of aliphatic hydroxyl groups excluding tert-OH is 1. The molecule has 5 heteroatoms. The first-order valence-corrected chi connectivity index (χ1v) is 8.89. The number of carbonyl (C=O) groups is 1. The quantitative estimate of drug-likeness (QED) is 0.893. The highest BCUT2D eigenvalue weighted by molar-refractivity contribution is 5.96. The second-order valence-electron chi connectivity index (χ2n) is 7.10. The summed E-state index contributed by atoms with van der Waals surface area (Å²) in [7, 11) is 1.63. The molecule has 0 unspecified atom stereocenters. The van der Waals surface area contributed by atoms with Crippen molar-refractivity contribution in [1.29, 1.82) is 0 Å². The summed E-state index contributed by atoms with van der Waals surface area (Å²) >= 11 is 0. The minimum atomic E-state index is 0.0672. The zero-order valence-corrected chi connectivity index (χ0v) is 14.7. The number of benzene rings is 1. The van der Waals surface area contributed by atoms with Crippen molar-refractivity contribution in [2.45, 2.75) is 19.8 Å². The average Bonchev–Trinajstić information content (AvgIpc) is 3.24. The molecule has 2 aliphatic heterocycles. The Balaban J connectivity index is 1.69. The smallest absolute Gasteiger partial charge is 0.254 e. The normalized spacial score (nSPS) is 24.5. The van der Waals surface area contributed by atoms with Crippen molar-refractivity contribution in [3.8, 4) is 5.75 Å². The van der Waals surface area contributed by atoms with E-state index in [0.29, 0.717) is 12.5 Å². The predicted molar refractivity (Wildman–Crippen MR) is 93.4 cm³/mol. The summed E-state index contributed by atoms with van der Waals surface area (Å²) in [5.74, 6) is 1.40. The van der Waals surface area contributed by atoms with Crippen LogP contribution in [-0.2, 0) is 0 Å². The minimum Gasteiger partial charge on any atom is -0.497 e. The Morgan fingerprint density at radius 2 is 1.96 bits per heavy atom. The van der Waals surface area contributed by atoms with Gasteiger partial charge in [-0.05, 0) is 62.5 Å². The summed E-state index contributed by atoms with van der Waals surface area (Å²) in [6, 6.07) is 5.58. The molecule has 1 aromatic carbocycles. The molecule has 132 valence electrons. The highest BCUT2D eigenvalue weighted by Gasteiger charge is 2.36. The molecule has 0 saturated carbocycles. The molecule has 2 fully saturated rings. The summed E-state index contributed by atoms with van der Waals surface area (Å²) in [4.78, 5) is 17.3. The van der Waals surface area contributed by atoms with Crippen LogP contribution < -0.4 is 4.74 Å². The fourth-order valence-electron chi connectivity index (χ4n) is 3.99. The summed E-state index contributed by atoms with van der Waals surface area (Å²) in [6.07, 6.45) is 2.54. The predicted octanol–water partition coefficient (Wildman–Crippen LogP) is 1.78. The van der Waals surface area contributed by atoms with Gasteiger partial charge >= 0.3 is 0 Å². The maximum absolute atomic E-state index is 12.9. The number of nitrogens with zero attached hydrogens (tertiary/aromatic N) is 2. The highest BCUT2D eigenvalue weighted by atomic mass is 16.5. The first-order chi connectivity index (χ1) is 11.6. The van der Waals surface area contributed by atoms with Crippen molar-refractivity contribution < 1.29 is 14.6 Å². The van der Waals surface area contributed by atoms with Gasteiger partial charge in [0.1, 0.15) is 5.75 Å². The van der Waals surface area contributed by atoms with Gasteiger partial charge in [-0.25, -0.2) is 0 Å². The number of rotatable bonds is 5. The highest BCUT2D eigenvalue weighted by Crippen LogP contribution is 2.28. The molecule has 3 rings (SSSR count). The van der Waals surface area contributed by atoms with E-state index in [0.717, 1.165) is 43.1 Å². The first kappa shape index (κ1) is 17.2. The second kappa shape index (κ2) is 7.53. The van der Waals surface area contributed by atoms with Crippen LogP contribution in [0.1, 0.15) is 28.8 Å². The van der Waals surface area contributed by atoms with E-state index in [2.05, 4.69) is 4.90 Å². The zero-order valence-electron chi connectivity index (χ0n) is 14.7. The Kier molecular flexibility index (Phi) is 5.41. The van der Waals surface area contributed by atoms with Gasteiger partial charge in [0.25, 0.3) is 5.91 Å². The lowest BCUT2D eigenvalue weighted by Crippen LogP contribution is -2.33. The monoisotopic (exact) mass is 332 g/mol. The molecule has 0 radical (unpaired) electrons. The topological polar surface area (TPSA) is 53.0 Å². The van der Waals surface area contributed by atoms with Crippen molar-refractivity contribution in [3.63, 3.8) is 0 Å². The Hall–Kier alpha value is -1.59. The Labute approximate surface area is 144 Å². The van der Waals surface area contributed by atoms with Crippen LogP contribution in [0.15, 0.2) is 18.2 Å². The van der Waals surface area contributed by atoms with E-state index in [-0.39, 0.29) is 18.4 Å². The molecule has 2 heterocycles. The maximum atomic E-state index is 12.9. The first-order valence-electron chi connectivity index (χ1n) is 8.89. The van der Waals surface area contributed by atoms with Gasteiger partial charge in [-0.1, -0.05) is 0 Å². The van der Waals surface area contributed by atoms with E-state index < -0.39 is 0 Å². The number of aryl methyl sites for hydroxylation is 1. The van der Waals surface area contributed by atoms with Gasteiger partial charge in [0, 0.05) is 37.7 Å². The summed E-state index contributed by atoms with van der Waals surface area (Å²) in [5.41, 5.74) is 1.66. The molecule has 24 heavy (non-hydrogen) atoms. The van der Waals surface area contributed by atoms with Crippen LogP contribution in [-0.4, -0.2) is 67.3 Å². The molecule has 1 aromatic rings. The van der Waals surface area contributed by atoms with Crippen LogP contribution in [0.4, 0.5) is 0 Å². The number of carbonyl (C=O) groups excluding carboxylic acids is 1. The Morgan fingerprint density at radius 3 is 2.58 bits per heavy atom. The summed E-state index contributed by atoms with van der Waals surface area (Å²) in [6.45, 7) is 6.79.